The van der Waals surface area contributed by atoms with Crippen LogP contribution < -0.4 is 0 Å². The molecule has 6 nitrogen and oxygen atoms in total. The Morgan fingerprint density at radius 1 is 1.27 bits per heavy atom. The van der Waals surface area contributed by atoms with E-state index in [4.69, 9.17) is 21.1 Å². The molecule has 1 aromatic rings. The second-order valence-corrected chi connectivity index (χ2v) is 8.02. The minimum Gasteiger partial charge on any atom is -0.464 e. The molecule has 1 saturated heterocycles. The molecule has 0 bridgehead atoms. The van der Waals surface area contributed by atoms with Crippen LogP contribution in [0, 0.1) is 0 Å². The fourth-order valence-electron chi connectivity index (χ4n) is 3.73. The maximum Gasteiger partial charge on any atom is 0.332 e. The van der Waals surface area contributed by atoms with Gasteiger partial charge >= 0.3 is 5.97 Å². The zero-order valence-electron chi connectivity index (χ0n) is 17.7. The van der Waals surface area contributed by atoms with Crippen LogP contribution in [-0.2, 0) is 30.3 Å². The first-order valence-electron chi connectivity index (χ1n) is 10.8. The zero-order chi connectivity index (χ0) is 21.8. The summed E-state index contributed by atoms with van der Waals surface area (Å²) in [6.07, 6.45) is 5.51. The number of ketones is 1. The van der Waals surface area contributed by atoms with E-state index in [0.29, 0.717) is 50.5 Å². The largest absolute Gasteiger partial charge is 0.464 e. The van der Waals surface area contributed by atoms with Crippen molar-refractivity contribution in [3.63, 3.8) is 0 Å². The van der Waals surface area contributed by atoms with Crippen molar-refractivity contribution in [2.75, 3.05) is 26.4 Å². The molecule has 1 aromatic carbocycles. The first-order valence-corrected chi connectivity index (χ1v) is 11.2. The van der Waals surface area contributed by atoms with Gasteiger partial charge in [0.1, 0.15) is 12.4 Å². The Morgan fingerprint density at radius 2 is 2.10 bits per heavy atom. The Hall–Kier alpha value is -1.92. The van der Waals surface area contributed by atoms with E-state index in [1.807, 2.05) is 23.1 Å². The Kier molecular flexibility index (Phi) is 10.9. The number of carbonyl (C=O) groups excluding carboxylic acids is 3. The number of unbranched alkanes of at least 4 members (excludes halogenated alkanes) is 1. The fourth-order valence-corrected chi connectivity index (χ4v) is 3.95. The second-order valence-electron chi connectivity index (χ2n) is 7.58. The van der Waals surface area contributed by atoms with Gasteiger partial charge < -0.3 is 14.4 Å². The maximum absolute atomic E-state index is 12.4. The number of Topliss-reactive ketones (excluding diaryl/α,β-unsaturated/α-hetero) is 1. The van der Waals surface area contributed by atoms with Gasteiger partial charge in [-0.3, -0.25) is 9.59 Å². The second kappa shape index (κ2) is 13.4. The molecular formula is C23H32ClNO5. The summed E-state index contributed by atoms with van der Waals surface area (Å²) < 4.78 is 10.1. The predicted octanol–water partition coefficient (Wildman–Crippen LogP) is 3.97. The number of benzene rings is 1. The van der Waals surface area contributed by atoms with E-state index in [2.05, 4.69) is 0 Å². The van der Waals surface area contributed by atoms with Gasteiger partial charge in [-0.2, -0.15) is 0 Å². The van der Waals surface area contributed by atoms with Crippen LogP contribution in [-0.4, -0.2) is 55.0 Å². The fraction of sp³-hybridized carbons (Fsp3) is 0.609. The van der Waals surface area contributed by atoms with Crippen LogP contribution in [0.3, 0.4) is 0 Å². The number of nitrogens with zero attached hydrogens (tertiary/aromatic N) is 1. The first-order chi connectivity index (χ1) is 14.5. The van der Waals surface area contributed by atoms with Gasteiger partial charge in [0.2, 0.25) is 5.91 Å². The van der Waals surface area contributed by atoms with Crippen molar-refractivity contribution in [2.24, 2.45) is 0 Å². The number of ether oxygens (including phenoxy) is 2. The van der Waals surface area contributed by atoms with Crippen molar-refractivity contribution in [1.29, 1.82) is 0 Å². The molecule has 0 unspecified atom stereocenters. The lowest BCUT2D eigenvalue weighted by molar-refractivity contribution is -0.148. The summed E-state index contributed by atoms with van der Waals surface area (Å²) >= 11 is 5.98. The number of piperidine rings is 1. The maximum atomic E-state index is 12.4. The van der Waals surface area contributed by atoms with E-state index >= 15 is 0 Å². The minimum atomic E-state index is -0.355. The highest BCUT2D eigenvalue weighted by atomic mass is 35.5. The molecule has 0 aromatic heterocycles. The summed E-state index contributed by atoms with van der Waals surface area (Å²) in [6.45, 7) is 3.20. The summed E-state index contributed by atoms with van der Waals surface area (Å²) in [4.78, 5) is 37.9. The highest BCUT2D eigenvalue weighted by Crippen LogP contribution is 2.23. The first kappa shape index (κ1) is 24.4. The SMILES string of the molecule is CCOC(=O)COCCCCN1C(=O)CCC[C@@H]1CCC(=O)Cc1cccc(Cl)c1. The third-order valence-electron chi connectivity index (χ3n) is 5.20. The van der Waals surface area contributed by atoms with Crippen molar-refractivity contribution in [1.82, 2.24) is 4.90 Å². The normalized spacial score (nSPS) is 16.5. The Bertz CT molecular complexity index is 709. The molecule has 1 heterocycles. The number of rotatable bonds is 13. The van der Waals surface area contributed by atoms with Crippen molar-refractivity contribution >= 4 is 29.3 Å². The van der Waals surface area contributed by atoms with E-state index in [1.165, 1.54) is 0 Å². The summed E-state index contributed by atoms with van der Waals surface area (Å²) in [7, 11) is 0. The molecule has 0 spiro atoms. The molecule has 7 heteroatoms. The number of hydrogen-bond acceptors (Lipinski definition) is 5. The molecule has 0 N–H and O–H groups in total. The molecule has 1 aliphatic rings. The highest BCUT2D eigenvalue weighted by Gasteiger charge is 2.27. The predicted molar refractivity (Wildman–Crippen MR) is 115 cm³/mol. The van der Waals surface area contributed by atoms with Crippen LogP contribution in [0.4, 0.5) is 0 Å². The van der Waals surface area contributed by atoms with Crippen LogP contribution in [0.5, 0.6) is 0 Å². The molecule has 1 aliphatic heterocycles. The molecule has 1 atom stereocenters. The van der Waals surface area contributed by atoms with E-state index in [-0.39, 0.29) is 30.3 Å². The van der Waals surface area contributed by atoms with Gasteiger partial charge in [0.05, 0.1) is 6.61 Å². The number of esters is 1. The third-order valence-corrected chi connectivity index (χ3v) is 5.43. The van der Waals surface area contributed by atoms with Gasteiger partial charge in [0, 0.05) is 43.5 Å². The van der Waals surface area contributed by atoms with Crippen molar-refractivity contribution in [2.45, 2.75) is 64.3 Å². The Morgan fingerprint density at radius 3 is 2.87 bits per heavy atom. The molecule has 1 amide bonds. The zero-order valence-corrected chi connectivity index (χ0v) is 18.5. The average Bonchev–Trinajstić information content (AvgIpc) is 2.70. The number of hydrogen-bond donors (Lipinski definition) is 0. The number of carbonyl (C=O) groups is 3. The van der Waals surface area contributed by atoms with Crippen LogP contribution in [0.2, 0.25) is 5.02 Å². The van der Waals surface area contributed by atoms with E-state index < -0.39 is 0 Å². The van der Waals surface area contributed by atoms with Crippen molar-refractivity contribution < 1.29 is 23.9 Å². The third kappa shape index (κ3) is 8.84. The minimum absolute atomic E-state index is 0.0339. The van der Waals surface area contributed by atoms with Gasteiger partial charge in [-0.05, 0) is 56.7 Å². The summed E-state index contributed by atoms with van der Waals surface area (Å²) in [5, 5.41) is 0.635. The van der Waals surface area contributed by atoms with Crippen LogP contribution in [0.25, 0.3) is 0 Å². The number of amides is 1. The van der Waals surface area contributed by atoms with Gasteiger partial charge in [0.15, 0.2) is 0 Å². The molecule has 166 valence electrons. The highest BCUT2D eigenvalue weighted by molar-refractivity contribution is 6.30. The van der Waals surface area contributed by atoms with Gasteiger partial charge in [-0.1, -0.05) is 23.7 Å². The van der Waals surface area contributed by atoms with Crippen LogP contribution in [0.15, 0.2) is 24.3 Å². The molecule has 30 heavy (non-hydrogen) atoms. The molecule has 2 rings (SSSR count). The van der Waals surface area contributed by atoms with Crippen molar-refractivity contribution in [3.8, 4) is 0 Å². The van der Waals surface area contributed by atoms with Crippen LogP contribution in [0.1, 0.15) is 57.4 Å². The van der Waals surface area contributed by atoms with Gasteiger partial charge in [-0.15, -0.1) is 0 Å². The lowest BCUT2D eigenvalue weighted by atomic mass is 9.95. The summed E-state index contributed by atoms with van der Waals surface area (Å²) in [5.41, 5.74) is 0.923. The van der Waals surface area contributed by atoms with Crippen LogP contribution >= 0.6 is 11.6 Å². The van der Waals surface area contributed by atoms with Gasteiger partial charge in [0.25, 0.3) is 0 Å². The van der Waals surface area contributed by atoms with Crippen molar-refractivity contribution in [3.05, 3.63) is 34.9 Å². The summed E-state index contributed by atoms with van der Waals surface area (Å²) in [6, 6.07) is 7.49. The molecule has 0 saturated carbocycles. The van der Waals surface area contributed by atoms with E-state index in [1.54, 1.807) is 13.0 Å². The standard InChI is InChI=1S/C23H32ClNO5/c1-2-30-23(28)17-29-14-4-3-13-25-20(9-6-10-22(25)27)11-12-21(26)16-18-7-5-8-19(24)15-18/h5,7-8,15,20H,2-4,6,9-14,16-17H2,1H3/t20-/m1/s1. The van der Waals surface area contributed by atoms with Gasteiger partial charge in [-0.25, -0.2) is 4.79 Å². The molecular weight excluding hydrogens is 406 g/mol. The monoisotopic (exact) mass is 437 g/mol. The number of halogens is 1. The Balaban J connectivity index is 1.71. The molecule has 0 aliphatic carbocycles. The lowest BCUT2D eigenvalue weighted by Gasteiger charge is -2.36. The summed E-state index contributed by atoms with van der Waals surface area (Å²) in [5.74, 6) is -0.0187. The average molecular weight is 438 g/mol. The molecule has 1 fully saturated rings. The molecule has 0 radical (unpaired) electrons. The van der Waals surface area contributed by atoms with E-state index in [0.717, 1.165) is 31.2 Å². The topological polar surface area (TPSA) is 72.9 Å². The number of likely N-dealkylation sites (tertiary alicyclic amines) is 1. The van der Waals surface area contributed by atoms with E-state index in [9.17, 15) is 14.4 Å². The quantitative estimate of drug-likeness (QED) is 0.345. The Labute approximate surface area is 183 Å². The smallest absolute Gasteiger partial charge is 0.332 e. The lowest BCUT2D eigenvalue weighted by Crippen LogP contribution is -2.44.